The number of alkyl halides is 1. The molecule has 0 unspecified atom stereocenters. The minimum atomic E-state index is -0.841. The minimum Gasteiger partial charge on any atom is -0.450 e. The van der Waals surface area contributed by atoms with Crippen molar-refractivity contribution >= 4 is 29.2 Å². The Morgan fingerprint density at radius 1 is 1.15 bits per heavy atom. The van der Waals surface area contributed by atoms with E-state index in [4.69, 9.17) is 16.3 Å². The molecule has 1 heterocycles. The molecule has 4 nitrogen and oxygen atoms in total. The van der Waals surface area contributed by atoms with Gasteiger partial charge < -0.3 is 9.64 Å². The lowest BCUT2D eigenvalue weighted by Crippen LogP contribution is -2.38. The monoisotopic (exact) mass is 371 g/mol. The number of amides is 1. The first-order valence-electron chi connectivity index (χ1n) is 8.63. The molecule has 0 aliphatic carbocycles. The van der Waals surface area contributed by atoms with E-state index in [1.54, 1.807) is 4.90 Å². The maximum absolute atomic E-state index is 12.8. The van der Waals surface area contributed by atoms with Crippen LogP contribution in [0.25, 0.3) is 0 Å². The highest BCUT2D eigenvalue weighted by molar-refractivity contribution is 6.30. The first-order valence-corrected chi connectivity index (χ1v) is 9.07. The largest absolute Gasteiger partial charge is 0.450 e. The Bertz CT molecular complexity index is 776. The van der Waals surface area contributed by atoms with Gasteiger partial charge in [0.2, 0.25) is 0 Å². The van der Waals surface area contributed by atoms with Crippen molar-refractivity contribution in [3.8, 4) is 0 Å². The summed E-state index contributed by atoms with van der Waals surface area (Å²) in [6.45, 7) is 4.33. The van der Waals surface area contributed by atoms with E-state index in [0.717, 1.165) is 11.3 Å². The molecule has 0 aromatic heterocycles. The number of nitrogens with zero attached hydrogens (tertiary/aromatic N) is 1. The van der Waals surface area contributed by atoms with Crippen molar-refractivity contribution in [1.82, 2.24) is 0 Å². The number of carbonyl (C=O) groups excluding carboxylic acids is 2. The summed E-state index contributed by atoms with van der Waals surface area (Å²) in [5.41, 5.74) is 1.26. The fraction of sp³-hybridized carbons (Fsp3) is 0.333. The van der Waals surface area contributed by atoms with Crippen molar-refractivity contribution in [2.45, 2.75) is 31.7 Å². The number of esters is 1. The van der Waals surface area contributed by atoms with Crippen LogP contribution >= 0.6 is 11.6 Å². The van der Waals surface area contributed by atoms with Crippen molar-refractivity contribution in [1.29, 1.82) is 0 Å². The van der Waals surface area contributed by atoms with Gasteiger partial charge in [0, 0.05) is 17.6 Å². The van der Waals surface area contributed by atoms with E-state index in [1.165, 1.54) is 0 Å². The molecule has 0 saturated carbocycles. The fourth-order valence-corrected chi connectivity index (χ4v) is 3.40. The molecule has 5 heteroatoms. The summed E-state index contributed by atoms with van der Waals surface area (Å²) in [7, 11) is 0. The molecule has 3 rings (SSSR count). The fourth-order valence-electron chi connectivity index (χ4n) is 3.17. The lowest BCUT2D eigenvalue weighted by Gasteiger charge is -2.24. The number of rotatable bonds is 5. The summed E-state index contributed by atoms with van der Waals surface area (Å²) in [5, 5.41) is -0.827. The highest BCUT2D eigenvalue weighted by Crippen LogP contribution is 2.36. The van der Waals surface area contributed by atoms with Crippen molar-refractivity contribution < 1.29 is 14.3 Å². The molecule has 1 saturated heterocycles. The average molecular weight is 372 g/mol. The molecule has 1 aliphatic heterocycles. The highest BCUT2D eigenvalue weighted by atomic mass is 35.5. The van der Waals surface area contributed by atoms with Crippen LogP contribution in [0.5, 0.6) is 0 Å². The summed E-state index contributed by atoms with van der Waals surface area (Å²) < 4.78 is 5.56. The van der Waals surface area contributed by atoms with Crippen molar-refractivity contribution in [2.24, 2.45) is 5.41 Å². The Morgan fingerprint density at radius 2 is 1.73 bits per heavy atom. The molecule has 1 fully saturated rings. The summed E-state index contributed by atoms with van der Waals surface area (Å²) in [6.07, 6.45) is -0.474. The Hall–Kier alpha value is -2.33. The van der Waals surface area contributed by atoms with Crippen LogP contribution in [0.15, 0.2) is 60.7 Å². The topological polar surface area (TPSA) is 46.6 Å². The maximum Gasteiger partial charge on any atom is 0.325 e. The molecule has 0 spiro atoms. The predicted octanol–water partition coefficient (Wildman–Crippen LogP) is 3.82. The zero-order chi connectivity index (χ0) is 18.7. The van der Waals surface area contributed by atoms with E-state index in [-0.39, 0.29) is 5.91 Å². The lowest BCUT2D eigenvalue weighted by molar-refractivity contribution is -0.157. The molecule has 2 aromatic rings. The summed E-state index contributed by atoms with van der Waals surface area (Å²) in [4.78, 5) is 27.0. The van der Waals surface area contributed by atoms with E-state index in [0.29, 0.717) is 13.0 Å². The standard InChI is InChI=1S/C21H22ClNO3/c1-21(2)14-23(16-11-7-4-8-12-16)19(24)18(21)26-20(25)17(22)13-15-9-5-3-6-10-15/h3-12,17-18H,13-14H2,1-2H3/t17-,18-/m0/s1. The Labute approximate surface area is 158 Å². The molecule has 136 valence electrons. The third-order valence-corrected chi connectivity index (χ3v) is 4.91. The molecule has 0 bridgehead atoms. The average Bonchev–Trinajstić information content (AvgIpc) is 2.86. The summed E-state index contributed by atoms with van der Waals surface area (Å²) in [6, 6.07) is 18.9. The van der Waals surface area contributed by atoms with Crippen LogP contribution in [-0.2, 0) is 20.7 Å². The zero-order valence-electron chi connectivity index (χ0n) is 14.9. The van der Waals surface area contributed by atoms with E-state index >= 15 is 0 Å². The smallest absolute Gasteiger partial charge is 0.325 e. The molecular weight excluding hydrogens is 350 g/mol. The van der Waals surface area contributed by atoms with Crippen LogP contribution in [0.3, 0.4) is 0 Å². The molecule has 0 radical (unpaired) electrons. The van der Waals surface area contributed by atoms with Crippen LogP contribution in [0.1, 0.15) is 19.4 Å². The first-order chi connectivity index (χ1) is 12.4. The molecule has 1 amide bonds. The quantitative estimate of drug-likeness (QED) is 0.593. The van der Waals surface area contributed by atoms with Crippen molar-refractivity contribution in [3.63, 3.8) is 0 Å². The van der Waals surface area contributed by atoms with Gasteiger partial charge in [-0.15, -0.1) is 11.6 Å². The van der Waals surface area contributed by atoms with Gasteiger partial charge in [0.25, 0.3) is 5.91 Å². The van der Waals surface area contributed by atoms with Gasteiger partial charge in [-0.3, -0.25) is 9.59 Å². The number of halogens is 1. The van der Waals surface area contributed by atoms with Gasteiger partial charge in [0.15, 0.2) is 6.10 Å². The van der Waals surface area contributed by atoms with Gasteiger partial charge in [-0.1, -0.05) is 62.4 Å². The second-order valence-electron chi connectivity index (χ2n) is 7.22. The van der Waals surface area contributed by atoms with Gasteiger partial charge >= 0.3 is 5.97 Å². The molecule has 2 atom stereocenters. The normalized spacial score (nSPS) is 20.0. The van der Waals surface area contributed by atoms with Gasteiger partial charge in [-0.05, 0) is 24.1 Å². The van der Waals surface area contributed by atoms with E-state index < -0.39 is 22.9 Å². The second kappa shape index (κ2) is 7.50. The molecular formula is C21H22ClNO3. The Balaban J connectivity index is 1.70. The third kappa shape index (κ3) is 3.91. The number of hydrogen-bond acceptors (Lipinski definition) is 3. The molecule has 2 aromatic carbocycles. The maximum atomic E-state index is 12.8. The number of hydrogen-bond donors (Lipinski definition) is 0. The van der Waals surface area contributed by atoms with Crippen LogP contribution in [-0.4, -0.2) is 29.9 Å². The first kappa shape index (κ1) is 18.5. The van der Waals surface area contributed by atoms with Crippen molar-refractivity contribution in [3.05, 3.63) is 66.2 Å². The number of carbonyl (C=O) groups is 2. The van der Waals surface area contributed by atoms with Crippen LogP contribution in [0.4, 0.5) is 5.69 Å². The van der Waals surface area contributed by atoms with E-state index in [9.17, 15) is 9.59 Å². The summed E-state index contributed by atoms with van der Waals surface area (Å²) in [5.74, 6) is -0.769. The van der Waals surface area contributed by atoms with Gasteiger partial charge in [0.05, 0.1) is 0 Å². The number of ether oxygens (including phenoxy) is 1. The van der Waals surface area contributed by atoms with Crippen LogP contribution in [0.2, 0.25) is 0 Å². The van der Waals surface area contributed by atoms with Crippen LogP contribution in [0, 0.1) is 5.41 Å². The summed E-state index contributed by atoms with van der Waals surface area (Å²) >= 11 is 6.24. The van der Waals surface area contributed by atoms with E-state index in [1.807, 2.05) is 74.5 Å². The highest BCUT2D eigenvalue weighted by Gasteiger charge is 2.49. The zero-order valence-corrected chi connectivity index (χ0v) is 15.6. The minimum absolute atomic E-state index is 0.210. The Morgan fingerprint density at radius 3 is 2.35 bits per heavy atom. The molecule has 1 aliphatic rings. The molecule has 0 N–H and O–H groups in total. The SMILES string of the molecule is CC1(C)CN(c2ccccc2)C(=O)[C@@H]1OC(=O)[C@@H](Cl)Cc1ccccc1. The molecule has 26 heavy (non-hydrogen) atoms. The van der Waals surface area contributed by atoms with Crippen LogP contribution < -0.4 is 4.90 Å². The Kier molecular flexibility index (Phi) is 5.33. The van der Waals surface area contributed by atoms with Crippen molar-refractivity contribution in [2.75, 3.05) is 11.4 Å². The van der Waals surface area contributed by atoms with Gasteiger partial charge in [-0.2, -0.15) is 0 Å². The lowest BCUT2D eigenvalue weighted by atomic mass is 9.89. The van der Waals surface area contributed by atoms with Gasteiger partial charge in [-0.25, -0.2) is 0 Å². The number of anilines is 1. The predicted molar refractivity (Wildman–Crippen MR) is 102 cm³/mol. The number of benzene rings is 2. The number of para-hydroxylation sites is 1. The third-order valence-electron chi connectivity index (χ3n) is 4.58. The van der Waals surface area contributed by atoms with Gasteiger partial charge in [0.1, 0.15) is 5.38 Å². The van der Waals surface area contributed by atoms with E-state index in [2.05, 4.69) is 0 Å². The second-order valence-corrected chi connectivity index (χ2v) is 7.75.